The van der Waals surface area contributed by atoms with E-state index in [4.69, 9.17) is 4.74 Å². The van der Waals surface area contributed by atoms with Gasteiger partial charge in [-0.1, -0.05) is 12.1 Å². The number of hydrogen-bond acceptors (Lipinski definition) is 4. The zero-order valence-electron chi connectivity index (χ0n) is 14.6. The van der Waals surface area contributed by atoms with Crippen LogP contribution >= 0.6 is 0 Å². The fraction of sp³-hybridized carbons (Fsp3) is 0.250. The number of rotatable bonds is 5. The summed E-state index contributed by atoms with van der Waals surface area (Å²) in [6.45, 7) is 1.06. The first-order chi connectivity index (χ1) is 13.2. The van der Waals surface area contributed by atoms with Crippen molar-refractivity contribution in [3.8, 4) is 11.3 Å². The number of halogens is 1. The molecule has 0 unspecified atom stereocenters. The SMILES string of the molecule is O=C(N[C@H]1COC[C@H]1Cc1ccncc1)c1cn[nH]c1-c1cccc(F)c1. The van der Waals surface area contributed by atoms with Gasteiger partial charge < -0.3 is 10.1 Å². The smallest absolute Gasteiger partial charge is 0.255 e. The molecule has 27 heavy (non-hydrogen) atoms. The van der Waals surface area contributed by atoms with Gasteiger partial charge in [0.1, 0.15) is 5.82 Å². The van der Waals surface area contributed by atoms with Gasteiger partial charge in [-0.3, -0.25) is 14.9 Å². The molecule has 2 atom stereocenters. The Kier molecular flexibility index (Phi) is 4.93. The highest BCUT2D eigenvalue weighted by molar-refractivity contribution is 5.99. The molecule has 1 aliphatic heterocycles. The van der Waals surface area contributed by atoms with Crippen LogP contribution in [0.4, 0.5) is 4.39 Å². The van der Waals surface area contributed by atoms with Crippen LogP contribution < -0.4 is 5.32 Å². The number of nitrogens with one attached hydrogen (secondary N) is 2. The minimum Gasteiger partial charge on any atom is -0.379 e. The minimum absolute atomic E-state index is 0.0964. The van der Waals surface area contributed by atoms with Gasteiger partial charge in [0.15, 0.2) is 0 Å². The average molecular weight is 366 g/mol. The van der Waals surface area contributed by atoms with Crippen LogP contribution in [0.5, 0.6) is 0 Å². The standard InChI is InChI=1S/C20H19FN4O2/c21-16-3-1-2-14(9-16)19-17(10-23-25-19)20(26)24-18-12-27-11-15(18)8-13-4-6-22-7-5-13/h1-7,9-10,15,18H,8,11-12H2,(H,23,25)(H,24,26)/t15-,18+/m1/s1. The number of pyridine rings is 1. The van der Waals surface area contributed by atoms with Gasteiger partial charge in [-0.2, -0.15) is 5.10 Å². The highest BCUT2D eigenvalue weighted by Gasteiger charge is 2.30. The summed E-state index contributed by atoms with van der Waals surface area (Å²) in [6, 6.07) is 9.90. The molecular formula is C20H19FN4O2. The number of hydrogen-bond donors (Lipinski definition) is 2. The van der Waals surface area contributed by atoms with Crippen LogP contribution in [-0.4, -0.2) is 40.3 Å². The van der Waals surface area contributed by atoms with Gasteiger partial charge in [-0.15, -0.1) is 0 Å². The van der Waals surface area contributed by atoms with Gasteiger partial charge in [-0.05, 0) is 36.2 Å². The van der Waals surface area contributed by atoms with Crippen molar-refractivity contribution in [1.82, 2.24) is 20.5 Å². The van der Waals surface area contributed by atoms with E-state index in [2.05, 4.69) is 20.5 Å². The average Bonchev–Trinajstić information content (AvgIpc) is 3.32. The van der Waals surface area contributed by atoms with Crippen molar-refractivity contribution in [2.45, 2.75) is 12.5 Å². The van der Waals surface area contributed by atoms with Crippen LogP contribution in [-0.2, 0) is 11.2 Å². The first-order valence-corrected chi connectivity index (χ1v) is 8.77. The summed E-state index contributed by atoms with van der Waals surface area (Å²) in [5.41, 5.74) is 2.61. The molecule has 1 amide bonds. The highest BCUT2D eigenvalue weighted by Crippen LogP contribution is 2.23. The van der Waals surface area contributed by atoms with Gasteiger partial charge >= 0.3 is 0 Å². The van der Waals surface area contributed by atoms with Crippen LogP contribution in [0.1, 0.15) is 15.9 Å². The minimum atomic E-state index is -0.366. The molecular weight excluding hydrogens is 347 g/mol. The van der Waals surface area contributed by atoms with E-state index in [0.29, 0.717) is 30.0 Å². The second-order valence-corrected chi connectivity index (χ2v) is 6.61. The maximum absolute atomic E-state index is 13.5. The first kappa shape index (κ1) is 17.4. The van der Waals surface area contributed by atoms with E-state index in [1.54, 1.807) is 24.5 Å². The van der Waals surface area contributed by atoms with E-state index in [1.807, 2.05) is 12.1 Å². The van der Waals surface area contributed by atoms with Crippen LogP contribution in [0.25, 0.3) is 11.3 Å². The van der Waals surface area contributed by atoms with Crippen molar-refractivity contribution >= 4 is 5.91 Å². The van der Waals surface area contributed by atoms with Gasteiger partial charge in [0.05, 0.1) is 36.7 Å². The van der Waals surface area contributed by atoms with E-state index in [-0.39, 0.29) is 23.7 Å². The molecule has 7 heteroatoms. The van der Waals surface area contributed by atoms with E-state index < -0.39 is 0 Å². The predicted molar refractivity (Wildman–Crippen MR) is 97.5 cm³/mol. The number of aromatic nitrogens is 3. The zero-order chi connectivity index (χ0) is 18.6. The molecule has 2 aromatic heterocycles. The Morgan fingerprint density at radius 1 is 1.26 bits per heavy atom. The molecule has 3 aromatic rings. The maximum atomic E-state index is 13.5. The van der Waals surface area contributed by atoms with Crippen LogP contribution in [0.3, 0.4) is 0 Å². The lowest BCUT2D eigenvalue weighted by Gasteiger charge is -2.19. The fourth-order valence-corrected chi connectivity index (χ4v) is 3.35. The fourth-order valence-electron chi connectivity index (χ4n) is 3.35. The molecule has 1 aromatic carbocycles. The molecule has 3 heterocycles. The Balaban J connectivity index is 1.49. The van der Waals surface area contributed by atoms with Crippen molar-refractivity contribution in [2.75, 3.05) is 13.2 Å². The van der Waals surface area contributed by atoms with E-state index in [9.17, 15) is 9.18 Å². The summed E-state index contributed by atoms with van der Waals surface area (Å²) in [6.07, 6.45) is 5.78. The summed E-state index contributed by atoms with van der Waals surface area (Å²) in [5.74, 6) is -0.436. The number of aromatic amines is 1. The summed E-state index contributed by atoms with van der Waals surface area (Å²) < 4.78 is 19.1. The number of H-pyrrole nitrogens is 1. The molecule has 6 nitrogen and oxygen atoms in total. The van der Waals surface area contributed by atoms with Gasteiger partial charge in [0.25, 0.3) is 5.91 Å². The number of carbonyl (C=O) groups excluding carboxylic acids is 1. The first-order valence-electron chi connectivity index (χ1n) is 8.77. The molecule has 0 spiro atoms. The molecule has 0 bridgehead atoms. The quantitative estimate of drug-likeness (QED) is 0.727. The topological polar surface area (TPSA) is 79.9 Å². The Bertz CT molecular complexity index is 928. The van der Waals surface area contributed by atoms with Crippen molar-refractivity contribution in [3.05, 3.63) is 71.9 Å². The molecule has 4 rings (SSSR count). The molecule has 1 saturated heterocycles. The second kappa shape index (κ2) is 7.67. The van der Waals surface area contributed by atoms with Crippen molar-refractivity contribution in [2.24, 2.45) is 5.92 Å². The molecule has 2 N–H and O–H groups in total. The third kappa shape index (κ3) is 3.88. The Morgan fingerprint density at radius 3 is 2.93 bits per heavy atom. The normalized spacial score (nSPS) is 19.1. The molecule has 1 fully saturated rings. The van der Waals surface area contributed by atoms with E-state index in [0.717, 1.165) is 12.0 Å². The maximum Gasteiger partial charge on any atom is 0.255 e. The molecule has 0 saturated carbocycles. The largest absolute Gasteiger partial charge is 0.379 e. The van der Waals surface area contributed by atoms with E-state index >= 15 is 0 Å². The number of carbonyl (C=O) groups is 1. The Hall–Kier alpha value is -3.06. The van der Waals surface area contributed by atoms with Crippen LogP contribution in [0.15, 0.2) is 55.0 Å². The van der Waals surface area contributed by atoms with Crippen molar-refractivity contribution in [3.63, 3.8) is 0 Å². The molecule has 138 valence electrons. The Labute approximate surface area is 155 Å². The van der Waals surface area contributed by atoms with Crippen LogP contribution in [0, 0.1) is 11.7 Å². The monoisotopic (exact) mass is 366 g/mol. The number of ether oxygens (including phenoxy) is 1. The summed E-state index contributed by atoms with van der Waals surface area (Å²) >= 11 is 0. The highest BCUT2D eigenvalue weighted by atomic mass is 19.1. The van der Waals surface area contributed by atoms with Crippen molar-refractivity contribution < 1.29 is 13.9 Å². The molecule has 0 aliphatic carbocycles. The third-order valence-corrected chi connectivity index (χ3v) is 4.76. The predicted octanol–water partition coefficient (Wildman–Crippen LogP) is 2.60. The lowest BCUT2D eigenvalue weighted by atomic mass is 9.95. The van der Waals surface area contributed by atoms with Crippen molar-refractivity contribution in [1.29, 1.82) is 0 Å². The van der Waals surface area contributed by atoms with Gasteiger partial charge in [0.2, 0.25) is 0 Å². The van der Waals surface area contributed by atoms with E-state index in [1.165, 1.54) is 18.3 Å². The third-order valence-electron chi connectivity index (χ3n) is 4.76. The second-order valence-electron chi connectivity index (χ2n) is 6.61. The van der Waals surface area contributed by atoms with Gasteiger partial charge in [-0.25, -0.2) is 4.39 Å². The summed E-state index contributed by atoms with van der Waals surface area (Å²) in [4.78, 5) is 16.8. The summed E-state index contributed by atoms with van der Waals surface area (Å²) in [5, 5.41) is 9.80. The molecule has 0 radical (unpaired) electrons. The van der Waals surface area contributed by atoms with Gasteiger partial charge in [0, 0.05) is 23.9 Å². The number of amides is 1. The number of benzene rings is 1. The van der Waals surface area contributed by atoms with Crippen LogP contribution in [0.2, 0.25) is 0 Å². The molecule has 1 aliphatic rings. The lowest BCUT2D eigenvalue weighted by Crippen LogP contribution is -2.40. The Morgan fingerprint density at radius 2 is 2.11 bits per heavy atom. The zero-order valence-corrected chi connectivity index (χ0v) is 14.6. The lowest BCUT2D eigenvalue weighted by molar-refractivity contribution is 0.0926. The number of nitrogens with zero attached hydrogens (tertiary/aromatic N) is 2. The summed E-state index contributed by atoms with van der Waals surface area (Å²) in [7, 11) is 0.